The second-order valence-electron chi connectivity index (χ2n) is 16.6. The van der Waals surface area contributed by atoms with E-state index in [9.17, 15) is 29.4 Å². The molecule has 58 heavy (non-hydrogen) atoms. The highest BCUT2D eigenvalue weighted by Crippen LogP contribution is 2.47. The van der Waals surface area contributed by atoms with Crippen LogP contribution in [0.15, 0.2) is 34.1 Å². The maximum atomic E-state index is 15.3. The maximum absolute atomic E-state index is 15.3. The number of carbonyl (C=O) groups is 2. The van der Waals surface area contributed by atoms with Crippen molar-refractivity contribution in [2.24, 2.45) is 11.8 Å². The SMILES string of the molecule is COc1c(N2C[C@@H]3CCCN[C@H]3C2)c(F)cc2c(=O)c(C(=O)O)cn(C3CC3)c12.COc1c(N2C[C@H]3CCCN[C@@H]3C2)c(F)cc2c(=O)c(C(=O)O)cn(C3CC3)c12. The number of aromatic carboxylic acids is 2. The van der Waals surface area contributed by atoms with Crippen LogP contribution >= 0.6 is 0 Å². The number of nitrogens with one attached hydrogen (secondary N) is 2. The molecule has 6 aliphatic rings. The van der Waals surface area contributed by atoms with Crippen LogP contribution in [0.5, 0.6) is 11.5 Å². The molecule has 0 bridgehead atoms. The van der Waals surface area contributed by atoms with E-state index in [-0.39, 0.29) is 34.0 Å². The van der Waals surface area contributed by atoms with Crippen LogP contribution in [0.25, 0.3) is 21.8 Å². The normalized spacial score (nSPS) is 24.0. The van der Waals surface area contributed by atoms with Gasteiger partial charge in [0.05, 0.1) is 36.0 Å². The number of nitrogens with zero attached hydrogens (tertiary/aromatic N) is 4. The Bertz CT molecular complexity index is 2270. The summed E-state index contributed by atoms with van der Waals surface area (Å²) in [5, 5.41) is 26.0. The van der Waals surface area contributed by atoms with Crippen LogP contribution in [-0.2, 0) is 0 Å². The fraction of sp³-hybridized carbons (Fsp3) is 0.524. The zero-order valence-corrected chi connectivity index (χ0v) is 32.6. The van der Waals surface area contributed by atoms with Gasteiger partial charge in [-0.05, 0) is 88.4 Å². The molecular weight excluding hydrogens is 754 g/mol. The third-order valence-electron chi connectivity index (χ3n) is 13.0. The van der Waals surface area contributed by atoms with Crippen LogP contribution in [-0.4, -0.2) is 96.9 Å². The van der Waals surface area contributed by atoms with Gasteiger partial charge < -0.3 is 49.3 Å². The number of benzene rings is 2. The van der Waals surface area contributed by atoms with Gasteiger partial charge in [-0.3, -0.25) is 9.59 Å². The van der Waals surface area contributed by atoms with E-state index in [1.807, 2.05) is 9.80 Å². The third-order valence-corrected chi connectivity index (χ3v) is 13.0. The van der Waals surface area contributed by atoms with Crippen molar-refractivity contribution in [2.75, 3.05) is 63.3 Å². The second-order valence-corrected chi connectivity index (χ2v) is 16.6. The average molecular weight is 803 g/mol. The van der Waals surface area contributed by atoms with Crippen molar-refractivity contribution in [2.45, 2.75) is 75.5 Å². The summed E-state index contributed by atoms with van der Waals surface area (Å²) in [5.41, 5.74) is -0.311. The molecule has 4 aliphatic heterocycles. The van der Waals surface area contributed by atoms with Crippen molar-refractivity contribution < 1.29 is 38.1 Å². The minimum absolute atomic E-state index is 0.0599. The minimum Gasteiger partial charge on any atom is -0.492 e. The molecule has 0 unspecified atom stereocenters. The number of methoxy groups -OCH3 is 2. The van der Waals surface area contributed by atoms with Gasteiger partial charge in [-0.25, -0.2) is 18.4 Å². The topological polar surface area (TPSA) is 168 Å². The van der Waals surface area contributed by atoms with Crippen LogP contribution in [0.3, 0.4) is 0 Å². The zero-order chi connectivity index (χ0) is 40.6. The highest BCUT2D eigenvalue weighted by molar-refractivity contribution is 5.98. The lowest BCUT2D eigenvalue weighted by molar-refractivity contribution is 0.0684. The molecule has 2 aromatic heterocycles. The summed E-state index contributed by atoms with van der Waals surface area (Å²) in [6.07, 6.45) is 10.8. The first kappa shape index (κ1) is 38.3. The molecule has 0 radical (unpaired) electrons. The molecule has 2 aromatic carbocycles. The van der Waals surface area contributed by atoms with Crippen LogP contribution in [0.4, 0.5) is 20.2 Å². The van der Waals surface area contributed by atoms with Gasteiger partial charge in [0.2, 0.25) is 10.9 Å². The Balaban J connectivity index is 0.000000150. The highest BCUT2D eigenvalue weighted by Gasteiger charge is 2.40. The number of hydrogen-bond acceptors (Lipinski definition) is 10. The van der Waals surface area contributed by atoms with Gasteiger partial charge in [-0.1, -0.05) is 0 Å². The number of pyridine rings is 2. The Hall–Kier alpha value is -5.22. The van der Waals surface area contributed by atoms with E-state index in [0.717, 1.165) is 77.5 Å². The molecule has 4 atom stereocenters. The molecule has 6 heterocycles. The predicted octanol–water partition coefficient (Wildman–Crippen LogP) is 4.74. The van der Waals surface area contributed by atoms with Gasteiger partial charge in [0.15, 0.2) is 23.1 Å². The fourth-order valence-electron chi connectivity index (χ4n) is 9.91. The molecule has 4 N–H and O–H groups in total. The van der Waals surface area contributed by atoms with Crippen molar-refractivity contribution in [3.63, 3.8) is 0 Å². The molecule has 0 amide bonds. The van der Waals surface area contributed by atoms with Crippen molar-refractivity contribution in [1.82, 2.24) is 19.8 Å². The van der Waals surface area contributed by atoms with E-state index in [1.54, 1.807) is 9.13 Å². The Morgan fingerprint density at radius 3 is 1.38 bits per heavy atom. The number of hydrogen-bond donors (Lipinski definition) is 4. The molecule has 10 rings (SSSR count). The lowest BCUT2D eigenvalue weighted by Gasteiger charge is -2.25. The molecule has 6 fully saturated rings. The Kier molecular flexibility index (Phi) is 9.82. The van der Waals surface area contributed by atoms with Crippen molar-refractivity contribution in [3.8, 4) is 11.5 Å². The van der Waals surface area contributed by atoms with Crippen LogP contribution in [0.1, 0.15) is 84.2 Å². The zero-order valence-electron chi connectivity index (χ0n) is 32.6. The summed E-state index contributed by atoms with van der Waals surface area (Å²) >= 11 is 0. The fourth-order valence-corrected chi connectivity index (χ4v) is 9.91. The van der Waals surface area contributed by atoms with Crippen LogP contribution < -0.4 is 40.8 Å². The lowest BCUT2D eigenvalue weighted by atomic mass is 9.94. The smallest absolute Gasteiger partial charge is 0.341 e. The highest BCUT2D eigenvalue weighted by atomic mass is 19.1. The summed E-state index contributed by atoms with van der Waals surface area (Å²) in [6.45, 7) is 4.79. The van der Waals surface area contributed by atoms with Gasteiger partial charge in [0.25, 0.3) is 0 Å². The number of ether oxygens (including phenoxy) is 2. The van der Waals surface area contributed by atoms with E-state index in [4.69, 9.17) is 9.47 Å². The number of anilines is 2. The molecular formula is C42H48F2N6O8. The molecule has 2 aliphatic carbocycles. The van der Waals surface area contributed by atoms with E-state index < -0.39 is 34.4 Å². The van der Waals surface area contributed by atoms with E-state index in [1.165, 1.54) is 38.7 Å². The molecule has 308 valence electrons. The van der Waals surface area contributed by atoms with Crippen LogP contribution in [0, 0.1) is 23.5 Å². The molecule has 2 saturated carbocycles. The molecule has 14 nitrogen and oxygen atoms in total. The number of rotatable bonds is 8. The second kappa shape index (κ2) is 14.9. The van der Waals surface area contributed by atoms with Gasteiger partial charge in [-0.2, -0.15) is 0 Å². The van der Waals surface area contributed by atoms with Gasteiger partial charge in [-0.15, -0.1) is 0 Å². The average Bonchev–Trinajstić information content (AvgIpc) is 4.15. The number of halogens is 2. The lowest BCUT2D eigenvalue weighted by Crippen LogP contribution is -2.40. The molecule has 4 aromatic rings. The summed E-state index contributed by atoms with van der Waals surface area (Å²) in [7, 11) is 2.96. The summed E-state index contributed by atoms with van der Waals surface area (Å²) < 4.78 is 45.6. The number of aromatic nitrogens is 2. The standard InChI is InChI=1S/2C21H24FN3O4/c2*1-29-20-17-13(19(26)14(21(27)28)9-25(17)12-4-5-12)7-15(22)18(20)24-8-11-3-2-6-23-16(11)10-24/h2*7,9,11-12,16,23H,2-6,8,10H2,1H3,(H,27,28)/t2*11-,16-/m10/s1. The van der Waals surface area contributed by atoms with E-state index in [0.29, 0.717) is 70.9 Å². The van der Waals surface area contributed by atoms with Gasteiger partial charge in [0.1, 0.15) is 22.5 Å². The quantitative estimate of drug-likeness (QED) is 0.194. The van der Waals surface area contributed by atoms with E-state index >= 15 is 8.78 Å². The number of fused-ring (bicyclic) bond motifs is 4. The van der Waals surface area contributed by atoms with Crippen LogP contribution in [0.2, 0.25) is 0 Å². The minimum atomic E-state index is -1.30. The van der Waals surface area contributed by atoms with Crippen molar-refractivity contribution >= 4 is 45.1 Å². The number of carboxylic acid groups (broad SMARTS) is 2. The Labute approximate surface area is 332 Å². The van der Waals surface area contributed by atoms with Gasteiger partial charge >= 0.3 is 11.9 Å². The Morgan fingerprint density at radius 1 is 0.655 bits per heavy atom. The summed E-state index contributed by atoms with van der Waals surface area (Å²) in [4.78, 5) is 52.7. The van der Waals surface area contributed by atoms with Gasteiger partial charge in [0, 0.05) is 62.7 Å². The molecule has 4 saturated heterocycles. The molecule has 0 spiro atoms. The first-order chi connectivity index (χ1) is 28.0. The number of carboxylic acids is 2. The molecule has 16 heteroatoms. The third kappa shape index (κ3) is 6.53. The predicted molar refractivity (Wildman–Crippen MR) is 213 cm³/mol. The maximum Gasteiger partial charge on any atom is 0.341 e. The largest absolute Gasteiger partial charge is 0.492 e. The van der Waals surface area contributed by atoms with Crippen molar-refractivity contribution in [3.05, 3.63) is 67.7 Å². The monoisotopic (exact) mass is 802 g/mol. The summed E-state index contributed by atoms with van der Waals surface area (Å²) in [6, 6.07) is 3.23. The van der Waals surface area contributed by atoms with Crippen molar-refractivity contribution in [1.29, 1.82) is 0 Å². The number of piperidine rings is 2. The van der Waals surface area contributed by atoms with E-state index in [2.05, 4.69) is 10.6 Å². The summed E-state index contributed by atoms with van der Waals surface area (Å²) in [5.74, 6) is -2.13. The first-order valence-electron chi connectivity index (χ1n) is 20.3. The Morgan fingerprint density at radius 2 is 1.05 bits per heavy atom. The first-order valence-corrected chi connectivity index (χ1v) is 20.3.